The van der Waals surface area contributed by atoms with Crippen LogP contribution in [0.4, 0.5) is 0 Å². The van der Waals surface area contributed by atoms with Crippen LogP contribution < -0.4 is 10.2 Å². The largest absolute Gasteiger partial charge is 0.491 e. The van der Waals surface area contributed by atoms with Crippen LogP contribution in [0, 0.1) is 13.8 Å². The van der Waals surface area contributed by atoms with Gasteiger partial charge in [-0.1, -0.05) is 18.9 Å². The Morgan fingerprint density at radius 3 is 2.50 bits per heavy atom. The maximum atomic E-state index is 9.86. The molecule has 0 spiro atoms. The van der Waals surface area contributed by atoms with E-state index in [0.717, 1.165) is 29.7 Å². The molecule has 1 unspecified atom stereocenters. The molecule has 112 valence electrons. The van der Waals surface area contributed by atoms with Gasteiger partial charge in [0.1, 0.15) is 18.5 Å². The van der Waals surface area contributed by atoms with Gasteiger partial charge in [0.05, 0.1) is 12.6 Å². The summed E-state index contributed by atoms with van der Waals surface area (Å²) in [5, 5.41) is 9.86. The molecule has 0 heterocycles. The molecule has 20 heavy (non-hydrogen) atoms. The van der Waals surface area contributed by atoms with E-state index in [1.807, 2.05) is 26.0 Å². The quantitative estimate of drug-likeness (QED) is 0.753. The van der Waals surface area contributed by atoms with Gasteiger partial charge in [-0.05, 0) is 49.9 Å². The molecule has 2 rings (SSSR count). The molecule has 1 aromatic carbocycles. The van der Waals surface area contributed by atoms with E-state index in [4.69, 9.17) is 9.57 Å². The zero-order chi connectivity index (χ0) is 14.4. The average molecular weight is 279 g/mol. The third-order valence-electron chi connectivity index (χ3n) is 3.51. The highest BCUT2D eigenvalue weighted by Crippen LogP contribution is 2.20. The van der Waals surface area contributed by atoms with Crippen LogP contribution in [0.2, 0.25) is 0 Å². The van der Waals surface area contributed by atoms with Crippen LogP contribution in [0.15, 0.2) is 18.2 Å². The summed E-state index contributed by atoms with van der Waals surface area (Å²) in [6.07, 6.45) is 4.44. The summed E-state index contributed by atoms with van der Waals surface area (Å²) < 4.78 is 5.61. The van der Waals surface area contributed by atoms with E-state index >= 15 is 0 Å². The van der Waals surface area contributed by atoms with E-state index in [-0.39, 0.29) is 6.61 Å². The lowest BCUT2D eigenvalue weighted by Gasteiger charge is -2.16. The normalized spacial score (nSPS) is 17.4. The Labute approximate surface area is 121 Å². The molecular weight excluding hydrogens is 254 g/mol. The Bertz CT molecular complexity index is 396. The van der Waals surface area contributed by atoms with E-state index in [9.17, 15) is 5.11 Å². The van der Waals surface area contributed by atoms with Crippen LogP contribution in [0.25, 0.3) is 0 Å². The molecule has 0 aromatic heterocycles. The Morgan fingerprint density at radius 2 is 1.85 bits per heavy atom. The van der Waals surface area contributed by atoms with Crippen molar-refractivity contribution in [2.24, 2.45) is 0 Å². The minimum Gasteiger partial charge on any atom is -0.491 e. The number of aliphatic hydroxyl groups excluding tert-OH is 1. The number of aryl methyl sites for hydroxylation is 2. The van der Waals surface area contributed by atoms with Crippen LogP contribution in [-0.2, 0) is 4.84 Å². The average Bonchev–Trinajstić information content (AvgIpc) is 2.88. The van der Waals surface area contributed by atoms with Gasteiger partial charge in [0.25, 0.3) is 0 Å². The van der Waals surface area contributed by atoms with E-state index in [2.05, 4.69) is 11.5 Å². The van der Waals surface area contributed by atoms with E-state index in [1.165, 1.54) is 12.8 Å². The monoisotopic (exact) mass is 279 g/mol. The third-order valence-corrected chi connectivity index (χ3v) is 3.51. The van der Waals surface area contributed by atoms with E-state index in [1.54, 1.807) is 0 Å². The van der Waals surface area contributed by atoms with Gasteiger partial charge in [-0.25, -0.2) is 0 Å². The number of aliphatic hydroxyl groups is 1. The van der Waals surface area contributed by atoms with Crippen molar-refractivity contribution in [3.8, 4) is 5.75 Å². The predicted octanol–water partition coefficient (Wildman–Crippen LogP) is 2.51. The van der Waals surface area contributed by atoms with Crippen LogP contribution in [-0.4, -0.2) is 30.5 Å². The predicted molar refractivity (Wildman–Crippen MR) is 78.8 cm³/mol. The van der Waals surface area contributed by atoms with Crippen molar-refractivity contribution in [2.45, 2.75) is 51.7 Å². The molecule has 1 aromatic rings. The van der Waals surface area contributed by atoms with Crippen molar-refractivity contribution in [1.82, 2.24) is 5.48 Å². The van der Waals surface area contributed by atoms with Gasteiger partial charge < -0.3 is 9.84 Å². The minimum absolute atomic E-state index is 0.268. The highest BCUT2D eigenvalue weighted by Gasteiger charge is 2.16. The van der Waals surface area contributed by atoms with Gasteiger partial charge in [0, 0.05) is 0 Å². The van der Waals surface area contributed by atoms with Crippen LogP contribution in [0.5, 0.6) is 5.75 Å². The first kappa shape index (κ1) is 15.3. The summed E-state index contributed by atoms with van der Waals surface area (Å²) in [6, 6.07) is 6.05. The van der Waals surface area contributed by atoms with Crippen molar-refractivity contribution in [3.63, 3.8) is 0 Å². The Hall–Kier alpha value is -1.10. The van der Waals surface area contributed by atoms with Gasteiger partial charge in [-0.15, -0.1) is 0 Å². The standard InChI is InChI=1S/C16H25NO3/c1-12-7-13(2)9-16(8-12)19-11-14(18)10-17-20-15-5-3-4-6-15/h7-9,14-15,17-18H,3-6,10-11H2,1-2H3. The molecule has 4 heteroatoms. The second kappa shape index (κ2) is 7.62. The first-order chi connectivity index (χ1) is 9.63. The number of ether oxygens (including phenoxy) is 1. The van der Waals surface area contributed by atoms with Crippen molar-refractivity contribution in [2.75, 3.05) is 13.2 Å². The Balaban J connectivity index is 1.65. The topological polar surface area (TPSA) is 50.7 Å². The smallest absolute Gasteiger partial charge is 0.119 e. The van der Waals surface area contributed by atoms with Crippen molar-refractivity contribution in [3.05, 3.63) is 29.3 Å². The highest BCUT2D eigenvalue weighted by atomic mass is 16.7. The zero-order valence-corrected chi connectivity index (χ0v) is 12.4. The van der Waals surface area contributed by atoms with Crippen LogP contribution in [0.3, 0.4) is 0 Å². The van der Waals surface area contributed by atoms with E-state index < -0.39 is 6.10 Å². The Morgan fingerprint density at radius 1 is 1.20 bits per heavy atom. The number of hydroxylamine groups is 1. The maximum Gasteiger partial charge on any atom is 0.119 e. The second-order valence-electron chi connectivity index (χ2n) is 5.66. The van der Waals surface area contributed by atoms with E-state index in [0.29, 0.717) is 12.6 Å². The van der Waals surface area contributed by atoms with Crippen molar-refractivity contribution in [1.29, 1.82) is 0 Å². The summed E-state index contributed by atoms with van der Waals surface area (Å²) in [5.74, 6) is 0.804. The number of benzene rings is 1. The molecule has 0 aliphatic heterocycles. The van der Waals surface area contributed by atoms with Gasteiger partial charge in [0.15, 0.2) is 0 Å². The Kier molecular flexibility index (Phi) is 5.83. The van der Waals surface area contributed by atoms with Gasteiger partial charge in [-0.2, -0.15) is 5.48 Å². The molecule has 0 radical (unpaired) electrons. The second-order valence-corrected chi connectivity index (χ2v) is 5.66. The molecule has 1 aliphatic rings. The van der Waals surface area contributed by atoms with Gasteiger partial charge in [0.2, 0.25) is 0 Å². The summed E-state index contributed by atoms with van der Waals surface area (Å²) in [6.45, 7) is 4.73. The number of hydrogen-bond acceptors (Lipinski definition) is 4. The molecule has 0 amide bonds. The molecule has 1 fully saturated rings. The maximum absolute atomic E-state index is 9.86. The fourth-order valence-corrected chi connectivity index (χ4v) is 2.54. The first-order valence-electron chi connectivity index (χ1n) is 7.41. The lowest BCUT2D eigenvalue weighted by molar-refractivity contribution is -0.0417. The van der Waals surface area contributed by atoms with Crippen LogP contribution >= 0.6 is 0 Å². The third kappa shape index (κ3) is 5.12. The molecule has 0 bridgehead atoms. The first-order valence-corrected chi connectivity index (χ1v) is 7.41. The molecule has 1 atom stereocenters. The summed E-state index contributed by atoms with van der Waals surface area (Å²) in [4.78, 5) is 5.50. The summed E-state index contributed by atoms with van der Waals surface area (Å²) in [5.41, 5.74) is 5.18. The van der Waals surface area contributed by atoms with Crippen molar-refractivity contribution >= 4 is 0 Å². The molecule has 2 N–H and O–H groups in total. The molecule has 1 aliphatic carbocycles. The number of nitrogens with one attached hydrogen (secondary N) is 1. The fourth-order valence-electron chi connectivity index (χ4n) is 2.54. The zero-order valence-electron chi connectivity index (χ0n) is 12.4. The molecule has 0 saturated heterocycles. The molecule has 1 saturated carbocycles. The lowest BCUT2D eigenvalue weighted by Crippen LogP contribution is -2.33. The molecular formula is C16H25NO3. The SMILES string of the molecule is Cc1cc(C)cc(OCC(O)CNOC2CCCC2)c1. The van der Waals surface area contributed by atoms with Crippen LogP contribution in [0.1, 0.15) is 36.8 Å². The summed E-state index contributed by atoms with van der Waals surface area (Å²) in [7, 11) is 0. The van der Waals surface area contributed by atoms with Crippen molar-refractivity contribution < 1.29 is 14.7 Å². The number of hydrogen-bond donors (Lipinski definition) is 2. The van der Waals surface area contributed by atoms with Gasteiger partial charge >= 0.3 is 0 Å². The van der Waals surface area contributed by atoms with Gasteiger partial charge in [-0.3, -0.25) is 4.84 Å². The summed E-state index contributed by atoms with van der Waals surface area (Å²) >= 11 is 0. The fraction of sp³-hybridized carbons (Fsp3) is 0.625. The highest BCUT2D eigenvalue weighted by molar-refractivity contribution is 5.32. The molecule has 4 nitrogen and oxygen atoms in total. The number of rotatable bonds is 7. The minimum atomic E-state index is -0.572. The lowest BCUT2D eigenvalue weighted by atomic mass is 10.1.